The molecule has 0 fully saturated rings. The third kappa shape index (κ3) is 4.69. The molecule has 0 amide bonds. The third-order valence-electron chi connectivity index (χ3n) is 5.17. The molecule has 148 valence electrons. The average Bonchev–Trinajstić information content (AvgIpc) is 2.75. The van der Waals surface area contributed by atoms with E-state index in [4.69, 9.17) is 0 Å². The maximum absolute atomic E-state index is 2.29. The van der Waals surface area contributed by atoms with Crippen LogP contribution in [0.15, 0.2) is 97.1 Å². The zero-order chi connectivity index (χ0) is 20.9. The molecular weight excluding hydrogens is 362 g/mol. The number of rotatable bonds is 5. The van der Waals surface area contributed by atoms with Crippen molar-refractivity contribution in [3.8, 4) is 0 Å². The van der Waals surface area contributed by atoms with Gasteiger partial charge in [-0.3, -0.25) is 0 Å². The fourth-order valence-corrected chi connectivity index (χ4v) is 3.75. The fraction of sp³-hybridized carbons (Fsp3) is 0.103. The number of benzene rings is 4. The molecule has 4 aromatic rings. The first-order chi connectivity index (χ1) is 14.6. The Morgan fingerprint density at radius 3 is 1.57 bits per heavy atom. The summed E-state index contributed by atoms with van der Waals surface area (Å²) in [6, 6.07) is 34.5. The molecule has 0 radical (unpaired) electrons. The lowest BCUT2D eigenvalue weighted by Crippen LogP contribution is -2.09. The van der Waals surface area contributed by atoms with Crippen molar-refractivity contribution >= 4 is 29.2 Å². The van der Waals surface area contributed by atoms with Crippen molar-refractivity contribution in [1.29, 1.82) is 0 Å². The molecule has 0 aliphatic heterocycles. The van der Waals surface area contributed by atoms with Crippen LogP contribution in [-0.2, 0) is 0 Å². The first kappa shape index (κ1) is 19.7. The predicted octanol–water partition coefficient (Wildman–Crippen LogP) is 8.25. The van der Waals surface area contributed by atoms with Gasteiger partial charge in [0.05, 0.1) is 0 Å². The number of hydrogen-bond acceptors (Lipinski definition) is 1. The summed E-state index contributed by atoms with van der Waals surface area (Å²) in [7, 11) is 0. The molecule has 0 heterocycles. The Hall–Kier alpha value is -3.58. The van der Waals surface area contributed by atoms with Crippen molar-refractivity contribution in [2.24, 2.45) is 0 Å². The normalized spacial score (nSPS) is 11.0. The highest BCUT2D eigenvalue weighted by atomic mass is 15.1. The monoisotopic (exact) mass is 389 g/mol. The van der Waals surface area contributed by atoms with E-state index in [0.717, 1.165) is 17.1 Å². The van der Waals surface area contributed by atoms with Gasteiger partial charge >= 0.3 is 0 Å². The Bertz CT molecular complexity index is 1120. The smallest absolute Gasteiger partial charge is 0.0462 e. The average molecular weight is 390 g/mol. The van der Waals surface area contributed by atoms with Crippen LogP contribution < -0.4 is 4.90 Å². The van der Waals surface area contributed by atoms with Crippen molar-refractivity contribution in [2.45, 2.75) is 20.8 Å². The van der Waals surface area contributed by atoms with Gasteiger partial charge in [-0.1, -0.05) is 89.5 Å². The first-order valence-corrected chi connectivity index (χ1v) is 10.4. The van der Waals surface area contributed by atoms with Crippen molar-refractivity contribution in [1.82, 2.24) is 0 Å². The minimum atomic E-state index is 1.15. The van der Waals surface area contributed by atoms with E-state index in [-0.39, 0.29) is 0 Å². The molecule has 0 unspecified atom stereocenters. The second-order valence-electron chi connectivity index (χ2n) is 7.85. The zero-order valence-electron chi connectivity index (χ0n) is 17.8. The summed E-state index contributed by atoms with van der Waals surface area (Å²) >= 11 is 0. The molecule has 0 bridgehead atoms. The molecule has 0 aromatic heterocycles. The molecular formula is C29H27N. The fourth-order valence-electron chi connectivity index (χ4n) is 3.75. The summed E-state index contributed by atoms with van der Waals surface area (Å²) < 4.78 is 0. The number of para-hydroxylation sites is 1. The van der Waals surface area contributed by atoms with E-state index in [9.17, 15) is 0 Å². The largest absolute Gasteiger partial charge is 0.311 e. The maximum atomic E-state index is 2.29. The highest BCUT2D eigenvalue weighted by Gasteiger charge is 2.11. The molecule has 1 nitrogen and oxygen atoms in total. The summed E-state index contributed by atoms with van der Waals surface area (Å²) in [4.78, 5) is 2.29. The molecule has 0 saturated carbocycles. The van der Waals surface area contributed by atoms with Gasteiger partial charge in [-0.15, -0.1) is 0 Å². The number of aryl methyl sites for hydroxylation is 3. The van der Waals surface area contributed by atoms with Crippen LogP contribution in [0.25, 0.3) is 12.2 Å². The van der Waals surface area contributed by atoms with E-state index in [1.165, 1.54) is 27.8 Å². The molecule has 0 N–H and O–H groups in total. The van der Waals surface area contributed by atoms with Crippen molar-refractivity contribution in [3.63, 3.8) is 0 Å². The lowest BCUT2D eigenvalue weighted by atomic mass is 10.1. The van der Waals surface area contributed by atoms with Crippen molar-refractivity contribution in [3.05, 3.63) is 125 Å². The van der Waals surface area contributed by atoms with E-state index in [1.807, 2.05) is 0 Å². The zero-order valence-corrected chi connectivity index (χ0v) is 17.8. The molecule has 0 atom stereocenters. The summed E-state index contributed by atoms with van der Waals surface area (Å²) in [6.45, 7) is 6.40. The lowest BCUT2D eigenvalue weighted by Gasteiger charge is -2.25. The van der Waals surface area contributed by atoms with Crippen LogP contribution in [0.1, 0.15) is 27.8 Å². The van der Waals surface area contributed by atoms with Crippen LogP contribution in [0.5, 0.6) is 0 Å². The molecule has 0 saturated heterocycles. The second kappa shape index (κ2) is 8.84. The van der Waals surface area contributed by atoms with Gasteiger partial charge in [0.25, 0.3) is 0 Å². The summed E-state index contributed by atoms with van der Waals surface area (Å²) in [5, 5.41) is 0. The lowest BCUT2D eigenvalue weighted by molar-refractivity contribution is 1.27. The predicted molar refractivity (Wildman–Crippen MR) is 131 cm³/mol. The Morgan fingerprint density at radius 1 is 0.467 bits per heavy atom. The standard InChI is InChI=1S/C29H27N/c1-22-9-15-28(16-10-22)30(27-7-5-4-6-8-27)29-17-13-25(14-18-29)11-12-26-20-23(2)19-24(3)21-26/h4-21H,1-3H3/b12-11+. The van der Waals surface area contributed by atoms with Gasteiger partial charge in [0.1, 0.15) is 0 Å². The van der Waals surface area contributed by atoms with E-state index < -0.39 is 0 Å². The van der Waals surface area contributed by atoms with Gasteiger partial charge in [-0.2, -0.15) is 0 Å². The number of nitrogens with zero attached hydrogens (tertiary/aromatic N) is 1. The molecule has 0 spiro atoms. The van der Waals surface area contributed by atoms with E-state index in [0.29, 0.717) is 0 Å². The van der Waals surface area contributed by atoms with Gasteiger partial charge in [-0.05, 0) is 68.3 Å². The van der Waals surface area contributed by atoms with E-state index in [2.05, 4.69) is 135 Å². The molecule has 0 aliphatic carbocycles. The van der Waals surface area contributed by atoms with Crippen LogP contribution in [0, 0.1) is 20.8 Å². The Morgan fingerprint density at radius 2 is 0.967 bits per heavy atom. The summed E-state index contributed by atoms with van der Waals surface area (Å²) in [5.74, 6) is 0. The number of hydrogen-bond donors (Lipinski definition) is 0. The maximum Gasteiger partial charge on any atom is 0.0462 e. The molecule has 4 rings (SSSR count). The van der Waals surface area contributed by atoms with Gasteiger partial charge in [0.15, 0.2) is 0 Å². The van der Waals surface area contributed by atoms with Crippen LogP contribution >= 0.6 is 0 Å². The highest BCUT2D eigenvalue weighted by Crippen LogP contribution is 2.34. The van der Waals surface area contributed by atoms with Crippen LogP contribution in [-0.4, -0.2) is 0 Å². The summed E-state index contributed by atoms with van der Waals surface area (Å²) in [5.41, 5.74) is 9.73. The van der Waals surface area contributed by atoms with Gasteiger partial charge < -0.3 is 4.90 Å². The van der Waals surface area contributed by atoms with Gasteiger partial charge in [0, 0.05) is 17.1 Å². The SMILES string of the molecule is Cc1ccc(N(c2ccccc2)c2ccc(/C=C/c3cc(C)cc(C)c3)cc2)cc1. The van der Waals surface area contributed by atoms with Crippen molar-refractivity contribution < 1.29 is 0 Å². The topological polar surface area (TPSA) is 3.24 Å². The van der Waals surface area contributed by atoms with Crippen LogP contribution in [0.2, 0.25) is 0 Å². The Balaban J connectivity index is 1.64. The molecule has 30 heavy (non-hydrogen) atoms. The summed E-state index contributed by atoms with van der Waals surface area (Å²) in [6.07, 6.45) is 4.36. The van der Waals surface area contributed by atoms with Crippen LogP contribution in [0.3, 0.4) is 0 Å². The Labute approximate surface area is 179 Å². The van der Waals surface area contributed by atoms with E-state index >= 15 is 0 Å². The van der Waals surface area contributed by atoms with Crippen LogP contribution in [0.4, 0.5) is 17.1 Å². The molecule has 0 aliphatic rings. The third-order valence-corrected chi connectivity index (χ3v) is 5.17. The number of anilines is 3. The minimum absolute atomic E-state index is 1.15. The van der Waals surface area contributed by atoms with Gasteiger partial charge in [0.2, 0.25) is 0 Å². The Kier molecular flexibility index (Phi) is 5.81. The second-order valence-corrected chi connectivity index (χ2v) is 7.85. The quantitative estimate of drug-likeness (QED) is 0.311. The van der Waals surface area contributed by atoms with E-state index in [1.54, 1.807) is 0 Å². The van der Waals surface area contributed by atoms with Crippen molar-refractivity contribution in [2.75, 3.05) is 4.90 Å². The molecule has 4 aromatic carbocycles. The minimum Gasteiger partial charge on any atom is -0.311 e. The molecule has 1 heteroatoms. The highest BCUT2D eigenvalue weighted by molar-refractivity contribution is 5.78. The first-order valence-electron chi connectivity index (χ1n) is 10.4. The van der Waals surface area contributed by atoms with Gasteiger partial charge in [-0.25, -0.2) is 0 Å².